The predicted octanol–water partition coefficient (Wildman–Crippen LogP) is 7.09. The smallest absolute Gasteiger partial charge is 0.305 e. The van der Waals surface area contributed by atoms with Crippen LogP contribution in [0.5, 0.6) is 0 Å². The van der Waals surface area contributed by atoms with Crippen LogP contribution in [0.3, 0.4) is 0 Å². The summed E-state index contributed by atoms with van der Waals surface area (Å²) < 4.78 is 46.8. The molecule has 0 bridgehead atoms. The molecule has 0 aromatic rings. The molecule has 236 valence electrons. The van der Waals surface area contributed by atoms with Gasteiger partial charge in [0.15, 0.2) is 0 Å². The van der Waals surface area contributed by atoms with E-state index in [-0.39, 0.29) is 60.3 Å². The van der Waals surface area contributed by atoms with Crippen molar-refractivity contribution in [3.05, 3.63) is 0 Å². The zero-order chi connectivity index (χ0) is 29.6. The van der Waals surface area contributed by atoms with Crippen LogP contribution in [0, 0.1) is 0 Å². The Balaban J connectivity index is 5.28. The third-order valence-electron chi connectivity index (χ3n) is 5.15. The van der Waals surface area contributed by atoms with E-state index in [4.69, 9.17) is 102 Å². The fourth-order valence-corrected chi connectivity index (χ4v) is 11.7. The van der Waals surface area contributed by atoms with E-state index in [9.17, 15) is 9.13 Å². The standard InChI is InChI=1S/C20H40Cl8N4O4P2S/c21-1-9-29(10-2-22)37(33,30(11-3-23)12-4-24)35-17-19-39-20-18-36-38(34,31(13-5-25)14-6-26)32(15-7-27)16-8-28/h1-20H2. The lowest BCUT2D eigenvalue weighted by molar-refractivity contribution is 0.225. The highest BCUT2D eigenvalue weighted by molar-refractivity contribution is 7.99. The summed E-state index contributed by atoms with van der Waals surface area (Å²) in [6.07, 6.45) is 0. The normalized spacial score (nSPS) is 13.0. The lowest BCUT2D eigenvalue weighted by Gasteiger charge is -2.37. The second-order valence-corrected chi connectivity index (χ2v) is 16.6. The Hall–Kier alpha value is 2.89. The summed E-state index contributed by atoms with van der Waals surface area (Å²) in [6.45, 7) is 3.09. The molecule has 0 aromatic carbocycles. The number of halogens is 8. The van der Waals surface area contributed by atoms with Gasteiger partial charge in [0.2, 0.25) is 0 Å². The highest BCUT2D eigenvalue weighted by Gasteiger charge is 2.39. The van der Waals surface area contributed by atoms with Gasteiger partial charge in [0, 0.05) is 111 Å². The third-order valence-corrected chi connectivity index (χ3v) is 12.9. The maximum absolute atomic E-state index is 14.1. The van der Waals surface area contributed by atoms with Crippen molar-refractivity contribution in [3.8, 4) is 0 Å². The molecule has 0 radical (unpaired) electrons. The van der Waals surface area contributed by atoms with Crippen molar-refractivity contribution in [2.24, 2.45) is 0 Å². The molecule has 0 fully saturated rings. The molecule has 0 spiro atoms. The van der Waals surface area contributed by atoms with Crippen LogP contribution in [0.15, 0.2) is 0 Å². The fourth-order valence-electron chi connectivity index (χ4n) is 3.46. The summed E-state index contributed by atoms with van der Waals surface area (Å²) in [5.74, 6) is 3.15. The first-order chi connectivity index (χ1) is 18.8. The molecule has 0 saturated carbocycles. The van der Waals surface area contributed by atoms with Crippen LogP contribution >= 0.6 is 120 Å². The summed E-state index contributed by atoms with van der Waals surface area (Å²) in [6, 6.07) is 0. The molecule has 0 saturated heterocycles. The second-order valence-electron chi connectivity index (χ2n) is 7.59. The van der Waals surface area contributed by atoms with Gasteiger partial charge in [0.05, 0.1) is 13.2 Å². The number of alkyl halides is 8. The maximum Gasteiger partial charge on any atom is 0.346 e. The van der Waals surface area contributed by atoms with Crippen LogP contribution in [0.2, 0.25) is 0 Å². The van der Waals surface area contributed by atoms with E-state index in [1.807, 2.05) is 0 Å². The van der Waals surface area contributed by atoms with Crippen LogP contribution in [0.25, 0.3) is 0 Å². The highest BCUT2D eigenvalue weighted by Crippen LogP contribution is 2.55. The first kappa shape index (κ1) is 41.9. The molecule has 0 aromatic heterocycles. The Morgan fingerprint density at radius 1 is 0.436 bits per heavy atom. The van der Waals surface area contributed by atoms with E-state index in [1.54, 1.807) is 18.7 Å². The summed E-state index contributed by atoms with van der Waals surface area (Å²) in [7, 11) is -6.94. The van der Waals surface area contributed by atoms with Crippen molar-refractivity contribution in [1.82, 2.24) is 18.7 Å². The lowest BCUT2D eigenvalue weighted by atomic mass is 10.6. The quantitative estimate of drug-likeness (QED) is 0.0471. The van der Waals surface area contributed by atoms with Gasteiger partial charge in [-0.25, -0.2) is 18.7 Å². The molecule has 0 unspecified atom stereocenters. The number of hydrogen-bond acceptors (Lipinski definition) is 5. The van der Waals surface area contributed by atoms with E-state index in [0.29, 0.717) is 63.9 Å². The molecule has 0 aliphatic carbocycles. The molecule has 0 atom stereocenters. The van der Waals surface area contributed by atoms with E-state index in [1.165, 1.54) is 11.8 Å². The highest BCUT2D eigenvalue weighted by atomic mass is 35.5. The van der Waals surface area contributed by atoms with Gasteiger partial charge >= 0.3 is 15.3 Å². The van der Waals surface area contributed by atoms with Crippen LogP contribution in [-0.2, 0) is 18.2 Å². The third kappa shape index (κ3) is 15.6. The van der Waals surface area contributed by atoms with E-state index >= 15 is 0 Å². The molecule has 0 amide bonds. The van der Waals surface area contributed by atoms with Gasteiger partial charge in [0.1, 0.15) is 0 Å². The minimum Gasteiger partial charge on any atom is -0.305 e. The Bertz CT molecular complexity index is 584. The average Bonchev–Trinajstić information content (AvgIpc) is 2.91. The average molecular weight is 778 g/mol. The first-order valence-corrected chi connectivity index (χ1v) is 20.8. The van der Waals surface area contributed by atoms with Crippen molar-refractivity contribution in [3.63, 3.8) is 0 Å². The van der Waals surface area contributed by atoms with Gasteiger partial charge in [-0.1, -0.05) is 0 Å². The molecule has 0 aliphatic rings. The predicted molar refractivity (Wildman–Crippen MR) is 176 cm³/mol. The zero-order valence-electron chi connectivity index (χ0n) is 21.9. The molecule has 39 heavy (non-hydrogen) atoms. The van der Waals surface area contributed by atoms with Crippen LogP contribution in [0.1, 0.15) is 0 Å². The van der Waals surface area contributed by atoms with Gasteiger partial charge in [-0.2, -0.15) is 11.8 Å². The summed E-state index contributed by atoms with van der Waals surface area (Å²) in [5, 5.41) is 0. The Kier molecular flexibility index (Phi) is 28.1. The van der Waals surface area contributed by atoms with E-state index in [2.05, 4.69) is 0 Å². The van der Waals surface area contributed by atoms with Crippen molar-refractivity contribution in [2.75, 3.05) is 124 Å². The van der Waals surface area contributed by atoms with Gasteiger partial charge in [-0.15, -0.1) is 92.8 Å². The monoisotopic (exact) mass is 774 g/mol. The number of hydrogen-bond donors (Lipinski definition) is 0. The molecule has 0 rings (SSSR count). The van der Waals surface area contributed by atoms with E-state index < -0.39 is 15.3 Å². The molecule has 0 aliphatic heterocycles. The topological polar surface area (TPSA) is 65.6 Å². The minimum absolute atomic E-state index is 0.191. The van der Waals surface area contributed by atoms with Crippen molar-refractivity contribution in [1.29, 1.82) is 0 Å². The molecule has 19 heteroatoms. The van der Waals surface area contributed by atoms with Gasteiger partial charge < -0.3 is 9.05 Å². The Morgan fingerprint density at radius 2 is 0.641 bits per heavy atom. The molecule has 0 N–H and O–H groups in total. The number of thioether (sulfide) groups is 1. The Morgan fingerprint density at radius 3 is 0.821 bits per heavy atom. The minimum atomic E-state index is -3.47. The summed E-state index contributed by atoms with van der Waals surface area (Å²) in [4.78, 5) is 0. The summed E-state index contributed by atoms with van der Waals surface area (Å²) >= 11 is 49.2. The van der Waals surface area contributed by atoms with Crippen molar-refractivity contribution < 1.29 is 18.2 Å². The lowest BCUT2D eigenvalue weighted by Crippen LogP contribution is -2.37. The number of nitrogens with zero attached hydrogens (tertiary/aromatic N) is 4. The zero-order valence-corrected chi connectivity index (χ0v) is 30.5. The molecular formula is C20H40Cl8N4O4P2S. The summed E-state index contributed by atoms with van der Waals surface area (Å²) in [5.41, 5.74) is 0. The first-order valence-electron chi connectivity index (χ1n) is 12.4. The Labute approximate surface area is 278 Å². The van der Waals surface area contributed by atoms with Gasteiger partial charge in [-0.3, -0.25) is 9.13 Å². The van der Waals surface area contributed by atoms with E-state index in [0.717, 1.165) is 0 Å². The van der Waals surface area contributed by atoms with Crippen LogP contribution < -0.4 is 0 Å². The van der Waals surface area contributed by atoms with Crippen molar-refractivity contribution in [2.45, 2.75) is 0 Å². The van der Waals surface area contributed by atoms with Gasteiger partial charge in [-0.05, 0) is 0 Å². The number of rotatable bonds is 28. The second kappa shape index (κ2) is 26.1. The van der Waals surface area contributed by atoms with Gasteiger partial charge in [0.25, 0.3) is 0 Å². The maximum atomic E-state index is 14.1. The van der Waals surface area contributed by atoms with Crippen LogP contribution in [0.4, 0.5) is 0 Å². The SMILES string of the molecule is O=P(OCCSCCOP(=O)(N(CCCl)CCCl)N(CCCl)CCCl)(N(CCCl)CCCl)N(CCCl)CCCl. The molecular weight excluding hydrogens is 738 g/mol. The van der Waals surface area contributed by atoms with Crippen LogP contribution in [-0.4, -0.2) is 143 Å². The fraction of sp³-hybridized carbons (Fsp3) is 1.00. The largest absolute Gasteiger partial charge is 0.346 e. The molecule has 0 heterocycles. The van der Waals surface area contributed by atoms with Crippen molar-refractivity contribution >= 4 is 120 Å². The molecule has 8 nitrogen and oxygen atoms in total.